The van der Waals surface area contributed by atoms with Crippen LogP contribution in [0.2, 0.25) is 0 Å². The minimum absolute atomic E-state index is 0.0618. The van der Waals surface area contributed by atoms with Crippen LogP contribution in [-0.4, -0.2) is 37.2 Å². The van der Waals surface area contributed by atoms with E-state index in [2.05, 4.69) is 20.8 Å². The molecule has 6 heteroatoms. The molecule has 0 bridgehead atoms. The fourth-order valence-electron chi connectivity index (χ4n) is 10.7. The van der Waals surface area contributed by atoms with Crippen molar-refractivity contribution in [3.05, 3.63) is 0 Å². The van der Waals surface area contributed by atoms with Gasteiger partial charge in [0.25, 0.3) is 0 Å². The molecule has 0 heterocycles. The molecule has 440 valence electrons. The van der Waals surface area contributed by atoms with Gasteiger partial charge in [-0.15, -0.1) is 0 Å². The second-order valence-electron chi connectivity index (χ2n) is 23.5. The molecule has 0 saturated heterocycles. The van der Waals surface area contributed by atoms with Gasteiger partial charge in [0.15, 0.2) is 6.10 Å². The van der Waals surface area contributed by atoms with Gasteiger partial charge >= 0.3 is 17.9 Å². The summed E-state index contributed by atoms with van der Waals surface area (Å²) in [6.45, 7) is 6.67. The van der Waals surface area contributed by atoms with E-state index in [9.17, 15) is 14.4 Å². The van der Waals surface area contributed by atoms with Crippen molar-refractivity contribution >= 4 is 17.9 Å². The average Bonchev–Trinajstić information content (AvgIpc) is 3.40. The first kappa shape index (κ1) is 72.4. The normalized spacial score (nSPS) is 11.9. The van der Waals surface area contributed by atoms with Gasteiger partial charge in [0, 0.05) is 19.3 Å². The van der Waals surface area contributed by atoms with E-state index in [1.165, 1.54) is 302 Å². The lowest BCUT2D eigenvalue weighted by molar-refractivity contribution is -0.167. The van der Waals surface area contributed by atoms with Crippen molar-refractivity contribution in [3.63, 3.8) is 0 Å². The fraction of sp³-hybridized carbons (Fsp3) is 0.956. The van der Waals surface area contributed by atoms with Crippen molar-refractivity contribution in [1.82, 2.24) is 0 Å². The van der Waals surface area contributed by atoms with Crippen LogP contribution in [0.5, 0.6) is 0 Å². The second-order valence-corrected chi connectivity index (χ2v) is 23.5. The van der Waals surface area contributed by atoms with Crippen LogP contribution < -0.4 is 0 Å². The summed E-state index contributed by atoms with van der Waals surface area (Å²) in [6, 6.07) is 0. The molecule has 1 atom stereocenters. The molecule has 0 spiro atoms. The topological polar surface area (TPSA) is 78.9 Å². The van der Waals surface area contributed by atoms with E-state index in [1.807, 2.05) is 0 Å². The molecule has 74 heavy (non-hydrogen) atoms. The second kappa shape index (κ2) is 63.9. The Morgan fingerprint density at radius 1 is 0.216 bits per heavy atom. The Bertz CT molecular complexity index is 1110. The van der Waals surface area contributed by atoms with Crippen molar-refractivity contribution in [3.8, 4) is 0 Å². The molecule has 0 aliphatic carbocycles. The van der Waals surface area contributed by atoms with Gasteiger partial charge in [-0.2, -0.15) is 0 Å². The van der Waals surface area contributed by atoms with Crippen molar-refractivity contribution < 1.29 is 28.6 Å². The number of hydrogen-bond acceptors (Lipinski definition) is 6. The van der Waals surface area contributed by atoms with E-state index >= 15 is 0 Å². The van der Waals surface area contributed by atoms with Gasteiger partial charge in [-0.1, -0.05) is 361 Å². The highest BCUT2D eigenvalue weighted by molar-refractivity contribution is 5.71. The standard InChI is InChI=1S/C68H132O6/c1-4-7-10-13-16-18-20-22-24-26-28-30-31-32-33-34-35-36-37-39-40-42-44-46-48-50-52-55-58-61-67(70)73-64-65(63-72-66(69)60-57-54-15-12-9-6-3)74-68(71)62-59-56-53-51-49-47-45-43-41-38-29-27-25-23-21-19-17-14-11-8-5-2/h65H,4-64H2,1-3H3. The lowest BCUT2D eigenvalue weighted by Gasteiger charge is -2.18. The predicted octanol–water partition coefficient (Wildman–Crippen LogP) is 23.1. The minimum Gasteiger partial charge on any atom is -0.462 e. The summed E-state index contributed by atoms with van der Waals surface area (Å²) in [4.78, 5) is 38.0. The Balaban J connectivity index is 3.94. The molecule has 0 radical (unpaired) electrons. The number of rotatable bonds is 64. The van der Waals surface area contributed by atoms with Crippen LogP contribution in [0.1, 0.15) is 400 Å². The van der Waals surface area contributed by atoms with Crippen LogP contribution in [0.4, 0.5) is 0 Å². The van der Waals surface area contributed by atoms with Gasteiger partial charge in [-0.05, 0) is 19.3 Å². The van der Waals surface area contributed by atoms with Crippen molar-refractivity contribution in [2.75, 3.05) is 13.2 Å². The van der Waals surface area contributed by atoms with Gasteiger partial charge in [-0.3, -0.25) is 14.4 Å². The predicted molar refractivity (Wildman–Crippen MR) is 321 cm³/mol. The highest BCUT2D eigenvalue weighted by Crippen LogP contribution is 2.19. The molecule has 0 aliphatic rings. The molecular formula is C68H132O6. The summed E-state index contributed by atoms with van der Waals surface area (Å²) in [6.07, 6.45) is 74.6. The molecule has 0 rings (SSSR count). The van der Waals surface area contributed by atoms with Gasteiger partial charge in [0.1, 0.15) is 13.2 Å². The molecule has 0 aromatic carbocycles. The number of esters is 3. The number of carbonyl (C=O) groups excluding carboxylic acids is 3. The Morgan fingerprint density at radius 3 is 0.541 bits per heavy atom. The molecule has 0 aromatic rings. The Morgan fingerprint density at radius 2 is 0.365 bits per heavy atom. The van der Waals surface area contributed by atoms with E-state index in [1.54, 1.807) is 0 Å². The van der Waals surface area contributed by atoms with E-state index in [4.69, 9.17) is 14.2 Å². The lowest BCUT2D eigenvalue weighted by Crippen LogP contribution is -2.30. The monoisotopic (exact) mass is 1050 g/mol. The number of hydrogen-bond donors (Lipinski definition) is 0. The van der Waals surface area contributed by atoms with Crippen LogP contribution >= 0.6 is 0 Å². The van der Waals surface area contributed by atoms with E-state index in [0.29, 0.717) is 19.3 Å². The third-order valence-corrected chi connectivity index (χ3v) is 15.9. The Labute approximate surface area is 463 Å². The van der Waals surface area contributed by atoms with Gasteiger partial charge in [0.05, 0.1) is 0 Å². The summed E-state index contributed by atoms with van der Waals surface area (Å²) in [5, 5.41) is 0. The van der Waals surface area contributed by atoms with Crippen LogP contribution in [-0.2, 0) is 28.6 Å². The molecule has 0 aliphatic heterocycles. The quantitative estimate of drug-likeness (QED) is 0.0343. The smallest absolute Gasteiger partial charge is 0.306 e. The van der Waals surface area contributed by atoms with E-state index in [0.717, 1.165) is 57.8 Å². The van der Waals surface area contributed by atoms with Crippen LogP contribution in [0, 0.1) is 0 Å². The largest absolute Gasteiger partial charge is 0.462 e. The molecule has 0 saturated carbocycles. The number of unbranched alkanes of at least 4 members (excludes halogenated alkanes) is 53. The number of carbonyl (C=O) groups is 3. The van der Waals surface area contributed by atoms with E-state index in [-0.39, 0.29) is 31.1 Å². The van der Waals surface area contributed by atoms with Crippen molar-refractivity contribution in [2.24, 2.45) is 0 Å². The first-order valence-corrected chi connectivity index (χ1v) is 34.0. The molecule has 1 unspecified atom stereocenters. The lowest BCUT2D eigenvalue weighted by atomic mass is 10.0. The maximum absolute atomic E-state index is 12.8. The molecular weight excluding hydrogens is 913 g/mol. The zero-order valence-corrected chi connectivity index (χ0v) is 50.7. The maximum atomic E-state index is 12.8. The van der Waals surface area contributed by atoms with Gasteiger partial charge < -0.3 is 14.2 Å². The summed E-state index contributed by atoms with van der Waals surface area (Å²) in [5.41, 5.74) is 0. The minimum atomic E-state index is -0.761. The zero-order valence-electron chi connectivity index (χ0n) is 50.7. The average molecular weight is 1050 g/mol. The summed E-state index contributed by atoms with van der Waals surface area (Å²) < 4.78 is 16.8. The number of ether oxygens (including phenoxy) is 3. The molecule has 0 N–H and O–H groups in total. The highest BCUT2D eigenvalue weighted by Gasteiger charge is 2.19. The fourth-order valence-corrected chi connectivity index (χ4v) is 10.7. The third-order valence-electron chi connectivity index (χ3n) is 15.9. The van der Waals surface area contributed by atoms with Crippen LogP contribution in [0.15, 0.2) is 0 Å². The first-order chi connectivity index (χ1) is 36.5. The summed E-state index contributed by atoms with van der Waals surface area (Å²) in [5.74, 6) is -0.839. The van der Waals surface area contributed by atoms with Gasteiger partial charge in [-0.25, -0.2) is 0 Å². The Hall–Kier alpha value is -1.59. The first-order valence-electron chi connectivity index (χ1n) is 34.0. The highest BCUT2D eigenvalue weighted by atomic mass is 16.6. The van der Waals surface area contributed by atoms with Crippen molar-refractivity contribution in [2.45, 2.75) is 406 Å². The summed E-state index contributed by atoms with van der Waals surface area (Å²) in [7, 11) is 0. The molecule has 6 nitrogen and oxygen atoms in total. The zero-order chi connectivity index (χ0) is 53.6. The molecule has 0 aromatic heterocycles. The summed E-state index contributed by atoms with van der Waals surface area (Å²) >= 11 is 0. The van der Waals surface area contributed by atoms with Crippen LogP contribution in [0.3, 0.4) is 0 Å². The van der Waals surface area contributed by atoms with E-state index < -0.39 is 6.10 Å². The molecule has 0 amide bonds. The molecule has 0 fully saturated rings. The van der Waals surface area contributed by atoms with Crippen LogP contribution in [0.25, 0.3) is 0 Å². The van der Waals surface area contributed by atoms with Gasteiger partial charge in [0.2, 0.25) is 0 Å². The maximum Gasteiger partial charge on any atom is 0.306 e. The Kier molecular flexibility index (Phi) is 62.6. The third kappa shape index (κ3) is 61.3. The van der Waals surface area contributed by atoms with Crippen molar-refractivity contribution in [1.29, 1.82) is 0 Å². The SMILES string of the molecule is CCCCCCCCCCCCCCCCCCCCCCCCCCCCCCCC(=O)OCC(COC(=O)CCCCCCCC)OC(=O)CCCCCCCCCCCCCCCCCCCCCCC.